The van der Waals surface area contributed by atoms with E-state index in [-0.39, 0.29) is 36.0 Å². The van der Waals surface area contributed by atoms with Crippen LogP contribution in [0.2, 0.25) is 0 Å². The fourth-order valence-electron chi connectivity index (χ4n) is 6.86. The number of methoxy groups -OCH3 is 1. The number of ether oxygens (including phenoxy) is 2. The van der Waals surface area contributed by atoms with Gasteiger partial charge in [0.2, 0.25) is 11.9 Å². The number of aryl methyl sites for hydroxylation is 1. The number of nitrogens with zero attached hydrogens (tertiary/aromatic N) is 4. The molecule has 3 aromatic rings. The lowest BCUT2D eigenvalue weighted by atomic mass is 10.0. The molecule has 2 unspecified atom stereocenters. The lowest BCUT2D eigenvalue weighted by Crippen LogP contribution is -2.56. The Kier molecular flexibility index (Phi) is 12.3. The van der Waals surface area contributed by atoms with Gasteiger partial charge in [-0.2, -0.15) is 4.98 Å². The summed E-state index contributed by atoms with van der Waals surface area (Å²) in [7, 11) is 3.31. The van der Waals surface area contributed by atoms with Crippen LogP contribution in [0.1, 0.15) is 94.5 Å². The number of carbonyl (C=O) groups is 3. The number of nitrogens with two attached hydrogens (primary N) is 1. The molecule has 2 aromatic carbocycles. The van der Waals surface area contributed by atoms with E-state index in [4.69, 9.17) is 20.2 Å². The lowest BCUT2D eigenvalue weighted by molar-refractivity contribution is -0.150. The number of nitrogens with one attached hydrogen (secondary N) is 2. The zero-order valence-corrected chi connectivity index (χ0v) is 29.9. The van der Waals surface area contributed by atoms with Gasteiger partial charge in [-0.05, 0) is 100 Å². The van der Waals surface area contributed by atoms with E-state index in [1.165, 1.54) is 0 Å². The van der Waals surface area contributed by atoms with Crippen LogP contribution < -0.4 is 30.9 Å². The smallest absolute Gasteiger partial charge is 0.323 e. The van der Waals surface area contributed by atoms with Crippen LogP contribution in [0.15, 0.2) is 48.7 Å². The first-order valence-electron chi connectivity index (χ1n) is 17.9. The maximum absolute atomic E-state index is 13.2. The van der Waals surface area contributed by atoms with Crippen molar-refractivity contribution in [1.29, 1.82) is 0 Å². The maximum atomic E-state index is 13.2. The molecular formula is C38H51N7O5. The van der Waals surface area contributed by atoms with E-state index in [0.717, 1.165) is 56.9 Å². The van der Waals surface area contributed by atoms with Crippen LogP contribution in [0.3, 0.4) is 0 Å². The highest BCUT2D eigenvalue weighted by atomic mass is 16.5. The van der Waals surface area contributed by atoms with Crippen LogP contribution in [0.5, 0.6) is 5.75 Å². The topological polar surface area (TPSA) is 152 Å². The van der Waals surface area contributed by atoms with Crippen molar-refractivity contribution in [1.82, 2.24) is 9.97 Å². The highest BCUT2D eigenvalue weighted by Gasteiger charge is 2.39. The molecule has 12 heteroatoms. The highest BCUT2D eigenvalue weighted by Crippen LogP contribution is 2.38. The molecule has 2 atom stereocenters. The number of benzene rings is 2. The fraction of sp³-hybridized carbons (Fsp3) is 0.500. The Morgan fingerprint density at radius 2 is 1.78 bits per heavy atom. The monoisotopic (exact) mass is 685 g/mol. The molecule has 1 aliphatic heterocycles. The van der Waals surface area contributed by atoms with Gasteiger partial charge in [0.25, 0.3) is 5.91 Å². The molecule has 268 valence electrons. The summed E-state index contributed by atoms with van der Waals surface area (Å²) in [5, 5.41) is 6.20. The molecule has 4 N–H and O–H groups in total. The number of aromatic nitrogens is 2. The first-order chi connectivity index (χ1) is 24.2. The number of amides is 2. The molecule has 50 heavy (non-hydrogen) atoms. The molecule has 1 saturated carbocycles. The third-order valence-electron chi connectivity index (χ3n) is 9.82. The molecule has 0 radical (unpaired) electrons. The number of fused-ring (bicyclic) bond motifs is 1. The average Bonchev–Trinajstić information content (AvgIpc) is 3.64. The molecule has 5 rings (SSSR count). The van der Waals surface area contributed by atoms with E-state index >= 15 is 0 Å². The summed E-state index contributed by atoms with van der Waals surface area (Å²) < 4.78 is 11.2. The van der Waals surface area contributed by atoms with E-state index in [9.17, 15) is 14.4 Å². The van der Waals surface area contributed by atoms with Crippen molar-refractivity contribution in [3.63, 3.8) is 0 Å². The SMILES string of the molecule is CCC(CC)N1c2nc(Nc3ccc(C(=O)Nc4ccc(CCCC(N)C(=O)OC5CCCC5)cc4)cc3OC)ncc2N(C)C(=O)C1CC. The molecule has 2 heterocycles. The standard InChI is InChI=1S/C38H51N7O5/c1-6-27(7-2)45-31(8-3)36(47)44(4)32-23-40-38(43-34(32)45)42-30-21-18-25(22-33(30)49-5)35(46)41-26-19-16-24(17-20-26)12-11-15-29(39)37(48)50-28-13-9-10-14-28/h16-23,27-29,31H,6-15,39H2,1-5H3,(H,41,46)(H,40,42,43). The van der Waals surface area contributed by atoms with Gasteiger partial charge in [-0.15, -0.1) is 0 Å². The molecular weight excluding hydrogens is 634 g/mol. The summed E-state index contributed by atoms with van der Waals surface area (Å²) in [5.74, 6) is 0.988. The molecule has 2 amide bonds. The molecule has 0 saturated heterocycles. The summed E-state index contributed by atoms with van der Waals surface area (Å²) in [6.45, 7) is 6.27. The van der Waals surface area contributed by atoms with Gasteiger partial charge < -0.3 is 35.6 Å². The van der Waals surface area contributed by atoms with Gasteiger partial charge in [-0.25, -0.2) is 4.98 Å². The van der Waals surface area contributed by atoms with Crippen molar-refractivity contribution in [3.8, 4) is 5.75 Å². The predicted molar refractivity (Wildman–Crippen MR) is 196 cm³/mol. The maximum Gasteiger partial charge on any atom is 0.323 e. The minimum Gasteiger partial charge on any atom is -0.495 e. The highest BCUT2D eigenvalue weighted by molar-refractivity contribution is 6.05. The molecule has 1 fully saturated rings. The summed E-state index contributed by atoms with van der Waals surface area (Å²) >= 11 is 0. The Hall–Kier alpha value is -4.71. The number of esters is 1. The Labute approximate surface area is 295 Å². The van der Waals surface area contributed by atoms with Crippen molar-refractivity contribution >= 4 is 46.6 Å². The first-order valence-corrected chi connectivity index (χ1v) is 17.9. The Morgan fingerprint density at radius 1 is 1.06 bits per heavy atom. The Morgan fingerprint density at radius 3 is 2.44 bits per heavy atom. The number of likely N-dealkylation sites (N-methyl/N-ethyl adjacent to an activating group) is 1. The minimum atomic E-state index is -0.606. The van der Waals surface area contributed by atoms with Crippen LogP contribution in [-0.2, 0) is 20.7 Å². The van der Waals surface area contributed by atoms with Gasteiger partial charge in [0.05, 0.1) is 19.0 Å². The second-order valence-corrected chi connectivity index (χ2v) is 13.1. The van der Waals surface area contributed by atoms with Crippen LogP contribution in [0.4, 0.5) is 28.8 Å². The zero-order chi connectivity index (χ0) is 35.8. The second-order valence-electron chi connectivity index (χ2n) is 13.1. The quantitative estimate of drug-likeness (QED) is 0.154. The fourth-order valence-corrected chi connectivity index (χ4v) is 6.86. The number of carbonyl (C=O) groups excluding carboxylic acids is 3. The first kappa shape index (κ1) is 36.6. The summed E-state index contributed by atoms with van der Waals surface area (Å²) in [5.41, 5.74) is 9.52. The Bertz CT molecular complexity index is 1640. The van der Waals surface area contributed by atoms with Gasteiger partial charge in [-0.1, -0.05) is 32.9 Å². The van der Waals surface area contributed by atoms with Crippen LogP contribution in [0, 0.1) is 0 Å². The molecule has 0 bridgehead atoms. The van der Waals surface area contributed by atoms with Crippen molar-refractivity contribution in [2.45, 2.75) is 109 Å². The number of hydrogen-bond donors (Lipinski definition) is 3. The van der Waals surface area contributed by atoms with E-state index in [1.54, 1.807) is 43.5 Å². The second kappa shape index (κ2) is 16.8. The third-order valence-corrected chi connectivity index (χ3v) is 9.82. The summed E-state index contributed by atoms with van der Waals surface area (Å²) in [6, 6.07) is 12.0. The number of rotatable bonds is 15. The lowest BCUT2D eigenvalue weighted by Gasteiger charge is -2.44. The van der Waals surface area contributed by atoms with Crippen LogP contribution in [-0.4, -0.2) is 66.1 Å². The summed E-state index contributed by atoms with van der Waals surface area (Å²) in [4.78, 5) is 51.9. The van der Waals surface area contributed by atoms with E-state index < -0.39 is 6.04 Å². The van der Waals surface area contributed by atoms with Crippen LogP contribution >= 0.6 is 0 Å². The summed E-state index contributed by atoms with van der Waals surface area (Å²) in [6.07, 6.45) is 10.3. The molecule has 2 aliphatic rings. The molecule has 12 nitrogen and oxygen atoms in total. The molecule has 0 spiro atoms. The third kappa shape index (κ3) is 8.35. The van der Waals surface area contributed by atoms with E-state index in [2.05, 4.69) is 34.4 Å². The largest absolute Gasteiger partial charge is 0.495 e. The van der Waals surface area contributed by atoms with Gasteiger partial charge >= 0.3 is 5.97 Å². The molecule has 1 aromatic heterocycles. The van der Waals surface area contributed by atoms with Gasteiger partial charge in [0.15, 0.2) is 5.82 Å². The van der Waals surface area contributed by atoms with Crippen molar-refractivity contribution in [3.05, 3.63) is 59.8 Å². The minimum absolute atomic E-state index is 0.0264. The Balaban J connectivity index is 1.20. The normalized spacial score (nSPS) is 16.7. The molecule has 1 aliphatic carbocycles. The van der Waals surface area contributed by atoms with Crippen molar-refractivity contribution < 1.29 is 23.9 Å². The number of anilines is 5. The van der Waals surface area contributed by atoms with Crippen LogP contribution in [0.25, 0.3) is 0 Å². The van der Waals surface area contributed by atoms with E-state index in [0.29, 0.717) is 53.0 Å². The van der Waals surface area contributed by atoms with E-state index in [1.807, 2.05) is 31.2 Å². The van der Waals surface area contributed by atoms with Gasteiger partial charge in [-0.3, -0.25) is 14.4 Å². The van der Waals surface area contributed by atoms with Crippen molar-refractivity contribution in [2.24, 2.45) is 5.73 Å². The average molecular weight is 686 g/mol. The van der Waals surface area contributed by atoms with Gasteiger partial charge in [0, 0.05) is 24.3 Å². The zero-order valence-electron chi connectivity index (χ0n) is 29.9. The predicted octanol–water partition coefficient (Wildman–Crippen LogP) is 6.37. The van der Waals surface area contributed by atoms with Crippen molar-refractivity contribution in [2.75, 3.05) is 34.6 Å². The number of hydrogen-bond acceptors (Lipinski definition) is 10. The van der Waals surface area contributed by atoms with Gasteiger partial charge in [0.1, 0.15) is 29.6 Å².